The summed E-state index contributed by atoms with van der Waals surface area (Å²) in [6.45, 7) is 2.83. The van der Waals surface area contributed by atoms with Gasteiger partial charge in [-0.2, -0.15) is 0 Å². The molecule has 2 N–H and O–H groups in total. The second-order valence-corrected chi connectivity index (χ2v) is 5.07. The highest BCUT2D eigenvalue weighted by Gasteiger charge is 2.05. The SMILES string of the molecule is Cc1cc(CCN)ccc1Sc1nccn1C. The first-order valence-corrected chi connectivity index (χ1v) is 6.47. The smallest absolute Gasteiger partial charge is 0.172 e. The van der Waals surface area contributed by atoms with Crippen LogP contribution in [0.5, 0.6) is 0 Å². The first-order valence-electron chi connectivity index (χ1n) is 5.65. The van der Waals surface area contributed by atoms with Gasteiger partial charge >= 0.3 is 0 Å². The lowest BCUT2D eigenvalue weighted by molar-refractivity contribution is 0.790. The fraction of sp³-hybridized carbons (Fsp3) is 0.308. The fourth-order valence-corrected chi connectivity index (χ4v) is 2.57. The van der Waals surface area contributed by atoms with Gasteiger partial charge in [-0.3, -0.25) is 0 Å². The number of hydrogen-bond acceptors (Lipinski definition) is 3. The van der Waals surface area contributed by atoms with E-state index < -0.39 is 0 Å². The minimum Gasteiger partial charge on any atom is -0.330 e. The molecule has 0 radical (unpaired) electrons. The van der Waals surface area contributed by atoms with Crippen LogP contribution in [-0.4, -0.2) is 16.1 Å². The molecule has 2 rings (SSSR count). The topological polar surface area (TPSA) is 43.8 Å². The quantitative estimate of drug-likeness (QED) is 0.902. The van der Waals surface area contributed by atoms with Gasteiger partial charge < -0.3 is 10.3 Å². The highest BCUT2D eigenvalue weighted by molar-refractivity contribution is 7.99. The molecule has 17 heavy (non-hydrogen) atoms. The molecule has 0 fully saturated rings. The van der Waals surface area contributed by atoms with Crippen molar-refractivity contribution in [1.82, 2.24) is 9.55 Å². The van der Waals surface area contributed by atoms with E-state index in [0.717, 1.165) is 11.6 Å². The van der Waals surface area contributed by atoms with Crippen molar-refractivity contribution in [3.63, 3.8) is 0 Å². The maximum atomic E-state index is 5.56. The van der Waals surface area contributed by atoms with Crippen molar-refractivity contribution in [2.24, 2.45) is 12.8 Å². The van der Waals surface area contributed by atoms with Crippen molar-refractivity contribution in [1.29, 1.82) is 0 Å². The van der Waals surface area contributed by atoms with Gasteiger partial charge in [0.2, 0.25) is 0 Å². The largest absolute Gasteiger partial charge is 0.330 e. The summed E-state index contributed by atoms with van der Waals surface area (Å²) >= 11 is 1.69. The zero-order valence-corrected chi connectivity index (χ0v) is 11.0. The highest BCUT2D eigenvalue weighted by Crippen LogP contribution is 2.29. The van der Waals surface area contributed by atoms with E-state index in [4.69, 9.17) is 5.73 Å². The van der Waals surface area contributed by atoms with Crippen LogP contribution in [-0.2, 0) is 13.5 Å². The Kier molecular flexibility index (Phi) is 3.86. The van der Waals surface area contributed by atoms with Crippen molar-refractivity contribution < 1.29 is 0 Å². The average Bonchev–Trinajstić information content (AvgIpc) is 2.69. The third kappa shape index (κ3) is 2.90. The van der Waals surface area contributed by atoms with Crippen molar-refractivity contribution in [2.75, 3.05) is 6.54 Å². The summed E-state index contributed by atoms with van der Waals surface area (Å²) in [6, 6.07) is 6.50. The summed E-state index contributed by atoms with van der Waals surface area (Å²) in [6.07, 6.45) is 4.72. The van der Waals surface area contributed by atoms with E-state index in [0.29, 0.717) is 6.54 Å². The van der Waals surface area contributed by atoms with E-state index in [9.17, 15) is 0 Å². The van der Waals surface area contributed by atoms with E-state index >= 15 is 0 Å². The molecule has 0 atom stereocenters. The monoisotopic (exact) mass is 247 g/mol. The molecular weight excluding hydrogens is 230 g/mol. The van der Waals surface area contributed by atoms with Crippen LogP contribution in [0.25, 0.3) is 0 Å². The maximum Gasteiger partial charge on any atom is 0.172 e. The predicted molar refractivity (Wildman–Crippen MR) is 71.3 cm³/mol. The minimum absolute atomic E-state index is 0.700. The molecule has 0 saturated carbocycles. The van der Waals surface area contributed by atoms with E-state index in [1.165, 1.54) is 16.0 Å². The summed E-state index contributed by atoms with van der Waals surface area (Å²) in [5.41, 5.74) is 8.14. The Bertz CT molecular complexity index is 505. The Balaban J connectivity index is 2.19. The third-order valence-corrected chi connectivity index (χ3v) is 3.90. The Morgan fingerprint density at radius 3 is 2.82 bits per heavy atom. The van der Waals surface area contributed by atoms with Crippen LogP contribution in [0.4, 0.5) is 0 Å². The molecule has 4 heteroatoms. The van der Waals surface area contributed by atoms with Crippen LogP contribution >= 0.6 is 11.8 Å². The van der Waals surface area contributed by atoms with E-state index in [-0.39, 0.29) is 0 Å². The Morgan fingerprint density at radius 1 is 1.41 bits per heavy atom. The molecule has 0 unspecified atom stereocenters. The molecule has 90 valence electrons. The van der Waals surface area contributed by atoms with E-state index in [1.54, 1.807) is 11.8 Å². The molecule has 1 heterocycles. The molecule has 0 aliphatic heterocycles. The summed E-state index contributed by atoms with van der Waals surface area (Å²) in [5, 5.41) is 1.01. The van der Waals surface area contributed by atoms with Crippen LogP contribution in [0.15, 0.2) is 40.6 Å². The average molecular weight is 247 g/mol. The van der Waals surface area contributed by atoms with Crippen LogP contribution in [0, 0.1) is 6.92 Å². The molecule has 0 saturated heterocycles. The zero-order chi connectivity index (χ0) is 12.3. The molecule has 3 nitrogen and oxygen atoms in total. The van der Waals surface area contributed by atoms with Gasteiger partial charge in [0, 0.05) is 24.3 Å². The number of benzene rings is 1. The number of aromatic nitrogens is 2. The van der Waals surface area contributed by atoms with Crippen LogP contribution in [0.3, 0.4) is 0 Å². The van der Waals surface area contributed by atoms with Crippen molar-refractivity contribution >= 4 is 11.8 Å². The van der Waals surface area contributed by atoms with Gasteiger partial charge in [-0.1, -0.05) is 23.9 Å². The van der Waals surface area contributed by atoms with Crippen LogP contribution in [0.1, 0.15) is 11.1 Å². The summed E-state index contributed by atoms with van der Waals surface area (Å²) in [4.78, 5) is 5.57. The number of imidazole rings is 1. The predicted octanol–water partition coefficient (Wildman–Crippen LogP) is 2.38. The molecular formula is C13H17N3S. The Labute approximate surface area is 106 Å². The molecule has 0 aliphatic carbocycles. The van der Waals surface area contributed by atoms with Crippen molar-refractivity contribution in [2.45, 2.75) is 23.4 Å². The van der Waals surface area contributed by atoms with Gasteiger partial charge in [0.05, 0.1) is 0 Å². The molecule has 2 aromatic rings. The Morgan fingerprint density at radius 2 is 2.24 bits per heavy atom. The second-order valence-electron chi connectivity index (χ2n) is 4.06. The standard InChI is InChI=1S/C13H17N3S/c1-10-9-11(5-6-14)3-4-12(10)17-13-15-7-8-16(13)2/h3-4,7-9H,5-6,14H2,1-2H3. The van der Waals surface area contributed by atoms with Gasteiger partial charge in [-0.05, 0) is 37.1 Å². The molecule has 1 aromatic heterocycles. The van der Waals surface area contributed by atoms with Gasteiger partial charge in [-0.25, -0.2) is 4.98 Å². The maximum absolute atomic E-state index is 5.56. The van der Waals surface area contributed by atoms with Gasteiger partial charge in [0.15, 0.2) is 5.16 Å². The molecule has 0 amide bonds. The highest BCUT2D eigenvalue weighted by atomic mass is 32.2. The van der Waals surface area contributed by atoms with Gasteiger partial charge in [-0.15, -0.1) is 0 Å². The lowest BCUT2D eigenvalue weighted by Crippen LogP contribution is -2.02. The molecule has 1 aromatic carbocycles. The minimum atomic E-state index is 0.700. The first-order chi connectivity index (χ1) is 8.20. The van der Waals surface area contributed by atoms with Crippen molar-refractivity contribution in [3.05, 3.63) is 41.7 Å². The number of nitrogens with zero attached hydrogens (tertiary/aromatic N) is 2. The first kappa shape index (κ1) is 12.2. The van der Waals surface area contributed by atoms with E-state index in [1.807, 2.05) is 24.0 Å². The lowest BCUT2D eigenvalue weighted by Gasteiger charge is -2.07. The summed E-state index contributed by atoms with van der Waals surface area (Å²) in [7, 11) is 2.01. The van der Waals surface area contributed by atoms with E-state index in [2.05, 4.69) is 30.1 Å². The van der Waals surface area contributed by atoms with Gasteiger partial charge in [0.25, 0.3) is 0 Å². The normalized spacial score (nSPS) is 10.8. The number of aryl methyl sites for hydroxylation is 2. The molecule has 0 aliphatic rings. The Hall–Kier alpha value is -1.26. The lowest BCUT2D eigenvalue weighted by atomic mass is 10.1. The fourth-order valence-electron chi connectivity index (χ4n) is 1.70. The van der Waals surface area contributed by atoms with Gasteiger partial charge in [0.1, 0.15) is 0 Å². The van der Waals surface area contributed by atoms with Crippen molar-refractivity contribution in [3.8, 4) is 0 Å². The third-order valence-electron chi connectivity index (χ3n) is 2.65. The number of rotatable bonds is 4. The summed E-state index contributed by atoms with van der Waals surface area (Å²) in [5.74, 6) is 0. The zero-order valence-electron chi connectivity index (χ0n) is 10.2. The second kappa shape index (κ2) is 5.38. The molecule has 0 bridgehead atoms. The molecule has 0 spiro atoms. The van der Waals surface area contributed by atoms with Crippen LogP contribution in [0.2, 0.25) is 0 Å². The number of hydrogen-bond donors (Lipinski definition) is 1. The summed E-state index contributed by atoms with van der Waals surface area (Å²) < 4.78 is 2.03. The number of nitrogens with two attached hydrogens (primary N) is 1. The van der Waals surface area contributed by atoms with Crippen LogP contribution < -0.4 is 5.73 Å².